The van der Waals surface area contributed by atoms with Gasteiger partial charge in [0.25, 0.3) is 0 Å². The molecule has 88 valence electrons. The summed E-state index contributed by atoms with van der Waals surface area (Å²) >= 11 is 0. The highest BCUT2D eigenvalue weighted by molar-refractivity contribution is 5.21. The molecule has 0 saturated heterocycles. The SMILES string of the molecule is CCCC/C=C1/C(CC)CCC1(C)CC. The summed E-state index contributed by atoms with van der Waals surface area (Å²) in [6, 6.07) is 0. The summed E-state index contributed by atoms with van der Waals surface area (Å²) in [6.07, 6.45) is 12.1. The Balaban J connectivity index is 2.72. The van der Waals surface area contributed by atoms with Crippen molar-refractivity contribution in [2.45, 2.75) is 72.6 Å². The van der Waals surface area contributed by atoms with Gasteiger partial charge in [0.15, 0.2) is 0 Å². The fourth-order valence-electron chi connectivity index (χ4n) is 2.97. The van der Waals surface area contributed by atoms with Crippen molar-refractivity contribution in [2.75, 3.05) is 0 Å². The van der Waals surface area contributed by atoms with Gasteiger partial charge in [-0.15, -0.1) is 0 Å². The van der Waals surface area contributed by atoms with Gasteiger partial charge in [0.05, 0.1) is 0 Å². The highest BCUT2D eigenvalue weighted by Crippen LogP contribution is 2.49. The van der Waals surface area contributed by atoms with Crippen LogP contribution in [0.1, 0.15) is 72.6 Å². The summed E-state index contributed by atoms with van der Waals surface area (Å²) in [5.74, 6) is 0.895. The maximum absolute atomic E-state index is 2.58. The summed E-state index contributed by atoms with van der Waals surface area (Å²) in [5.41, 5.74) is 2.33. The van der Waals surface area contributed by atoms with Crippen LogP contribution in [0.15, 0.2) is 11.6 Å². The van der Waals surface area contributed by atoms with Crippen molar-refractivity contribution in [3.63, 3.8) is 0 Å². The van der Waals surface area contributed by atoms with Crippen LogP contribution in [-0.2, 0) is 0 Å². The van der Waals surface area contributed by atoms with E-state index in [-0.39, 0.29) is 0 Å². The van der Waals surface area contributed by atoms with E-state index in [4.69, 9.17) is 0 Å². The van der Waals surface area contributed by atoms with Gasteiger partial charge in [0.1, 0.15) is 0 Å². The minimum atomic E-state index is 0.536. The zero-order valence-electron chi connectivity index (χ0n) is 11.1. The van der Waals surface area contributed by atoms with Gasteiger partial charge < -0.3 is 0 Å². The first kappa shape index (κ1) is 12.8. The molecule has 2 unspecified atom stereocenters. The van der Waals surface area contributed by atoms with Crippen LogP contribution in [0, 0.1) is 11.3 Å². The van der Waals surface area contributed by atoms with Crippen LogP contribution in [-0.4, -0.2) is 0 Å². The van der Waals surface area contributed by atoms with Crippen molar-refractivity contribution in [3.8, 4) is 0 Å². The van der Waals surface area contributed by atoms with Crippen LogP contribution in [0.4, 0.5) is 0 Å². The van der Waals surface area contributed by atoms with Gasteiger partial charge in [0, 0.05) is 0 Å². The highest BCUT2D eigenvalue weighted by atomic mass is 14.4. The Hall–Kier alpha value is -0.260. The van der Waals surface area contributed by atoms with E-state index in [1.165, 1.54) is 44.9 Å². The molecule has 0 N–H and O–H groups in total. The van der Waals surface area contributed by atoms with Crippen LogP contribution in [0.3, 0.4) is 0 Å². The Bertz CT molecular complexity index is 214. The Labute approximate surface area is 96.2 Å². The molecule has 0 heteroatoms. The molecule has 0 amide bonds. The number of unbranched alkanes of at least 4 members (excludes halogenated alkanes) is 2. The van der Waals surface area contributed by atoms with Crippen molar-refractivity contribution in [3.05, 3.63) is 11.6 Å². The van der Waals surface area contributed by atoms with Crippen molar-refractivity contribution < 1.29 is 0 Å². The predicted octanol–water partition coefficient (Wildman–Crippen LogP) is 5.34. The molecule has 1 aliphatic rings. The Morgan fingerprint density at radius 1 is 1.33 bits per heavy atom. The van der Waals surface area contributed by atoms with Gasteiger partial charge in [-0.3, -0.25) is 0 Å². The number of hydrogen-bond donors (Lipinski definition) is 0. The quantitative estimate of drug-likeness (QED) is 0.422. The molecule has 1 fully saturated rings. The fraction of sp³-hybridized carbons (Fsp3) is 0.867. The van der Waals surface area contributed by atoms with Gasteiger partial charge in [0.2, 0.25) is 0 Å². The normalized spacial score (nSPS) is 33.9. The van der Waals surface area contributed by atoms with Gasteiger partial charge in [-0.1, -0.05) is 52.2 Å². The molecule has 0 nitrogen and oxygen atoms in total. The smallest absolute Gasteiger partial charge is 0.0116 e. The third-order valence-electron chi connectivity index (χ3n) is 4.38. The van der Waals surface area contributed by atoms with E-state index in [0.717, 1.165) is 5.92 Å². The lowest BCUT2D eigenvalue weighted by Crippen LogP contribution is -2.14. The molecule has 0 aromatic rings. The van der Waals surface area contributed by atoms with E-state index in [0.29, 0.717) is 5.41 Å². The minimum absolute atomic E-state index is 0.536. The third kappa shape index (κ3) is 2.86. The van der Waals surface area contributed by atoms with E-state index in [2.05, 4.69) is 33.8 Å². The first-order valence-corrected chi connectivity index (χ1v) is 6.88. The van der Waals surface area contributed by atoms with Crippen molar-refractivity contribution in [1.82, 2.24) is 0 Å². The second-order valence-electron chi connectivity index (χ2n) is 5.36. The third-order valence-corrected chi connectivity index (χ3v) is 4.38. The Morgan fingerprint density at radius 3 is 2.60 bits per heavy atom. The zero-order valence-corrected chi connectivity index (χ0v) is 11.1. The van der Waals surface area contributed by atoms with Crippen LogP contribution in [0.2, 0.25) is 0 Å². The topological polar surface area (TPSA) is 0 Å². The fourth-order valence-corrected chi connectivity index (χ4v) is 2.97. The average molecular weight is 208 g/mol. The molecule has 0 bridgehead atoms. The molecule has 0 heterocycles. The maximum atomic E-state index is 2.58. The largest absolute Gasteiger partial charge is 0.0845 e. The van der Waals surface area contributed by atoms with Crippen LogP contribution >= 0.6 is 0 Å². The maximum Gasteiger partial charge on any atom is -0.0116 e. The number of hydrogen-bond acceptors (Lipinski definition) is 0. The van der Waals surface area contributed by atoms with E-state index in [1.54, 1.807) is 5.57 Å². The molecule has 0 aromatic carbocycles. The lowest BCUT2D eigenvalue weighted by Gasteiger charge is -2.26. The van der Waals surface area contributed by atoms with Gasteiger partial charge in [-0.05, 0) is 43.4 Å². The molecule has 1 rings (SSSR count). The molecule has 0 aromatic heterocycles. The van der Waals surface area contributed by atoms with Crippen molar-refractivity contribution in [2.24, 2.45) is 11.3 Å². The lowest BCUT2D eigenvalue weighted by atomic mass is 9.79. The monoisotopic (exact) mass is 208 g/mol. The minimum Gasteiger partial charge on any atom is -0.0845 e. The molecular weight excluding hydrogens is 180 g/mol. The van der Waals surface area contributed by atoms with E-state index in [1.807, 2.05) is 0 Å². The Morgan fingerprint density at radius 2 is 2.07 bits per heavy atom. The summed E-state index contributed by atoms with van der Waals surface area (Å²) in [7, 11) is 0. The molecule has 1 aliphatic carbocycles. The van der Waals surface area contributed by atoms with Gasteiger partial charge in [-0.2, -0.15) is 0 Å². The highest BCUT2D eigenvalue weighted by Gasteiger charge is 2.37. The first-order chi connectivity index (χ1) is 7.18. The molecule has 2 atom stereocenters. The van der Waals surface area contributed by atoms with Crippen LogP contribution in [0.5, 0.6) is 0 Å². The average Bonchev–Trinajstić information content (AvgIpc) is 2.57. The Kier molecular flexibility index (Phi) is 4.89. The van der Waals surface area contributed by atoms with Gasteiger partial charge >= 0.3 is 0 Å². The molecule has 0 spiro atoms. The first-order valence-electron chi connectivity index (χ1n) is 6.88. The number of rotatable bonds is 5. The summed E-state index contributed by atoms with van der Waals surface area (Å²) in [6.45, 7) is 9.45. The molecular formula is C15H28. The summed E-state index contributed by atoms with van der Waals surface area (Å²) in [5, 5.41) is 0. The van der Waals surface area contributed by atoms with Gasteiger partial charge in [-0.25, -0.2) is 0 Å². The van der Waals surface area contributed by atoms with Crippen LogP contribution < -0.4 is 0 Å². The lowest BCUT2D eigenvalue weighted by molar-refractivity contribution is 0.392. The predicted molar refractivity (Wildman–Crippen MR) is 69.0 cm³/mol. The second kappa shape index (κ2) is 5.72. The molecule has 15 heavy (non-hydrogen) atoms. The number of allylic oxidation sites excluding steroid dienone is 2. The van der Waals surface area contributed by atoms with E-state index < -0.39 is 0 Å². The van der Waals surface area contributed by atoms with E-state index >= 15 is 0 Å². The standard InChI is InChI=1S/C15H28/c1-5-8-9-10-14-13(6-2)11-12-15(14,4)7-3/h10,13H,5-9,11-12H2,1-4H3/b14-10-. The van der Waals surface area contributed by atoms with E-state index in [9.17, 15) is 0 Å². The van der Waals surface area contributed by atoms with Crippen molar-refractivity contribution >= 4 is 0 Å². The summed E-state index contributed by atoms with van der Waals surface area (Å²) in [4.78, 5) is 0. The second-order valence-corrected chi connectivity index (χ2v) is 5.36. The van der Waals surface area contributed by atoms with Crippen LogP contribution in [0.25, 0.3) is 0 Å². The van der Waals surface area contributed by atoms with Crippen molar-refractivity contribution in [1.29, 1.82) is 0 Å². The molecule has 1 saturated carbocycles. The molecule has 0 aliphatic heterocycles. The molecule has 0 radical (unpaired) electrons. The summed E-state index contributed by atoms with van der Waals surface area (Å²) < 4.78 is 0. The zero-order chi connectivity index (χ0) is 11.3.